The number of carbonyl (C=O) groups excluding carboxylic acids is 1. The number of benzene rings is 1. The summed E-state index contributed by atoms with van der Waals surface area (Å²) in [4.78, 5) is 11.8. The zero-order valence-electron chi connectivity index (χ0n) is 12.5. The van der Waals surface area contributed by atoms with Gasteiger partial charge in [0, 0.05) is 0 Å². The summed E-state index contributed by atoms with van der Waals surface area (Å²) < 4.78 is 117. The highest BCUT2D eigenvalue weighted by Crippen LogP contribution is 2.47. The summed E-state index contributed by atoms with van der Waals surface area (Å²) in [7, 11) is -5.82. The molecule has 0 bridgehead atoms. The number of carbonyl (C=O) groups is 1. The van der Waals surface area contributed by atoms with Gasteiger partial charge in [-0.1, -0.05) is 12.1 Å². The number of epoxide rings is 1. The molecule has 1 heterocycles. The molecule has 2 rings (SSSR count). The molecule has 146 valence electrons. The summed E-state index contributed by atoms with van der Waals surface area (Å²) in [5, 5.41) is 0. The van der Waals surface area contributed by atoms with E-state index in [2.05, 4.69) is 4.74 Å². The van der Waals surface area contributed by atoms with E-state index in [0.29, 0.717) is 12.2 Å². The monoisotopic (exact) mass is 408 g/mol. The van der Waals surface area contributed by atoms with Gasteiger partial charge in [-0.05, 0) is 17.7 Å². The van der Waals surface area contributed by atoms with Crippen LogP contribution < -0.4 is 0 Å². The number of halogens is 6. The molecule has 0 saturated carbocycles. The Labute approximate surface area is 142 Å². The normalized spacial score (nSPS) is 18.5. The zero-order valence-corrected chi connectivity index (χ0v) is 13.3. The lowest BCUT2D eigenvalue weighted by molar-refractivity contribution is -0.356. The van der Waals surface area contributed by atoms with Gasteiger partial charge in [0.25, 0.3) is 10.1 Å². The quantitative estimate of drug-likeness (QED) is 0.349. The molecule has 1 N–H and O–H groups in total. The van der Waals surface area contributed by atoms with Gasteiger partial charge >= 0.3 is 23.9 Å². The maximum atomic E-state index is 13.1. The number of hydrogen-bond acceptors (Lipinski definition) is 5. The number of ether oxygens (including phenoxy) is 2. The minimum Gasteiger partial charge on any atom is -0.435 e. The lowest BCUT2D eigenvalue weighted by Gasteiger charge is -2.35. The predicted octanol–water partition coefficient (Wildman–Crippen LogP) is 2.67. The first-order valence-corrected chi connectivity index (χ1v) is 8.31. The average Bonchev–Trinajstić information content (AvgIpc) is 3.27. The van der Waals surface area contributed by atoms with Gasteiger partial charge in [-0.25, -0.2) is 4.79 Å². The highest BCUT2D eigenvalue weighted by molar-refractivity contribution is 7.85. The molecule has 1 aliphatic heterocycles. The molecule has 1 unspecified atom stereocenters. The number of esters is 1. The molecule has 1 atom stereocenters. The Bertz CT molecular complexity index is 765. The fourth-order valence-corrected chi connectivity index (χ4v) is 2.92. The SMILES string of the molecule is O=C(OC(CS(=O)(=O)O)(C(F)(F)F)C(F)(F)F)c1ccc(C2CO2)cc1. The Hall–Kier alpha value is -1.86. The third-order valence-corrected chi connectivity index (χ3v) is 4.19. The Morgan fingerprint density at radius 1 is 1.12 bits per heavy atom. The summed E-state index contributed by atoms with van der Waals surface area (Å²) in [6.07, 6.45) is -13.0. The molecule has 0 amide bonds. The van der Waals surface area contributed by atoms with Crippen LogP contribution in [0.15, 0.2) is 24.3 Å². The van der Waals surface area contributed by atoms with Crippen molar-refractivity contribution in [2.75, 3.05) is 12.4 Å². The fourth-order valence-electron chi connectivity index (χ4n) is 2.02. The van der Waals surface area contributed by atoms with Gasteiger partial charge in [0.05, 0.1) is 12.2 Å². The van der Waals surface area contributed by atoms with Crippen LogP contribution in [0.25, 0.3) is 0 Å². The van der Waals surface area contributed by atoms with Crippen molar-refractivity contribution >= 4 is 16.1 Å². The molecule has 26 heavy (non-hydrogen) atoms. The van der Waals surface area contributed by atoms with E-state index in [-0.39, 0.29) is 6.10 Å². The highest BCUT2D eigenvalue weighted by atomic mass is 32.2. The minimum absolute atomic E-state index is 0.274. The Morgan fingerprint density at radius 3 is 1.92 bits per heavy atom. The van der Waals surface area contributed by atoms with Crippen LogP contribution in [0, 0.1) is 0 Å². The van der Waals surface area contributed by atoms with E-state index in [4.69, 9.17) is 9.29 Å². The van der Waals surface area contributed by atoms with E-state index >= 15 is 0 Å². The van der Waals surface area contributed by atoms with Crippen molar-refractivity contribution in [2.24, 2.45) is 0 Å². The van der Waals surface area contributed by atoms with Gasteiger partial charge in [-0.2, -0.15) is 34.8 Å². The van der Waals surface area contributed by atoms with E-state index in [1.165, 1.54) is 12.1 Å². The first-order chi connectivity index (χ1) is 11.7. The molecular formula is C13H10F6O6S. The van der Waals surface area contributed by atoms with E-state index in [9.17, 15) is 39.6 Å². The molecule has 0 aromatic heterocycles. The summed E-state index contributed by atoms with van der Waals surface area (Å²) in [6, 6.07) is 4.29. The Balaban J connectivity index is 2.39. The van der Waals surface area contributed by atoms with E-state index in [1.807, 2.05) is 0 Å². The molecule has 13 heteroatoms. The van der Waals surface area contributed by atoms with Crippen LogP contribution in [0.2, 0.25) is 0 Å². The van der Waals surface area contributed by atoms with Crippen LogP contribution in [-0.2, 0) is 19.6 Å². The second kappa shape index (κ2) is 6.39. The third kappa shape index (κ3) is 4.27. The number of hydrogen-bond donors (Lipinski definition) is 1. The summed E-state index contributed by atoms with van der Waals surface area (Å²) in [5.74, 6) is -4.99. The van der Waals surface area contributed by atoms with Crippen molar-refractivity contribution < 1.29 is 53.6 Å². The lowest BCUT2D eigenvalue weighted by Crippen LogP contribution is -2.63. The third-order valence-electron chi connectivity index (χ3n) is 3.42. The van der Waals surface area contributed by atoms with Gasteiger partial charge in [0.2, 0.25) is 0 Å². The second-order valence-electron chi connectivity index (χ2n) is 5.38. The number of alkyl halides is 6. The second-order valence-corrected chi connectivity index (χ2v) is 6.83. The lowest BCUT2D eigenvalue weighted by atomic mass is 10.0. The first-order valence-electron chi connectivity index (χ1n) is 6.70. The molecule has 0 aliphatic carbocycles. The molecular weight excluding hydrogens is 398 g/mol. The maximum absolute atomic E-state index is 13.1. The molecule has 0 radical (unpaired) electrons. The van der Waals surface area contributed by atoms with Crippen molar-refractivity contribution in [1.29, 1.82) is 0 Å². The largest absolute Gasteiger partial charge is 0.438 e. The summed E-state index contributed by atoms with van der Waals surface area (Å²) >= 11 is 0. The van der Waals surface area contributed by atoms with Crippen molar-refractivity contribution in [3.63, 3.8) is 0 Å². The van der Waals surface area contributed by atoms with E-state index in [0.717, 1.165) is 12.1 Å². The summed E-state index contributed by atoms with van der Waals surface area (Å²) in [6.45, 7) is 0.378. The fraction of sp³-hybridized carbons (Fsp3) is 0.462. The van der Waals surface area contributed by atoms with Crippen molar-refractivity contribution in [3.05, 3.63) is 35.4 Å². The Morgan fingerprint density at radius 2 is 1.58 bits per heavy atom. The van der Waals surface area contributed by atoms with E-state index < -0.39 is 45.4 Å². The summed E-state index contributed by atoms with van der Waals surface area (Å²) in [5.41, 5.74) is -5.57. The predicted molar refractivity (Wildman–Crippen MR) is 71.8 cm³/mol. The van der Waals surface area contributed by atoms with Gasteiger partial charge < -0.3 is 9.47 Å². The van der Waals surface area contributed by atoms with Crippen molar-refractivity contribution in [2.45, 2.75) is 24.1 Å². The van der Waals surface area contributed by atoms with Crippen LogP contribution in [0.3, 0.4) is 0 Å². The van der Waals surface area contributed by atoms with Crippen molar-refractivity contribution in [3.8, 4) is 0 Å². The smallest absolute Gasteiger partial charge is 0.435 e. The van der Waals surface area contributed by atoms with E-state index in [1.54, 1.807) is 0 Å². The average molecular weight is 408 g/mol. The van der Waals surface area contributed by atoms with Crippen LogP contribution >= 0.6 is 0 Å². The van der Waals surface area contributed by atoms with Gasteiger partial charge in [0.15, 0.2) is 0 Å². The molecule has 1 aliphatic rings. The van der Waals surface area contributed by atoms with Gasteiger partial charge in [0.1, 0.15) is 11.9 Å². The zero-order chi connectivity index (χ0) is 20.0. The molecule has 1 aromatic carbocycles. The van der Waals surface area contributed by atoms with Crippen LogP contribution in [-0.4, -0.2) is 49.3 Å². The van der Waals surface area contributed by atoms with Gasteiger partial charge in [-0.15, -0.1) is 0 Å². The van der Waals surface area contributed by atoms with Gasteiger partial charge in [-0.3, -0.25) is 4.55 Å². The molecule has 1 fully saturated rings. The standard InChI is InChI=1S/C13H10F6O6S/c14-12(15,16)11(13(17,18)19,6-26(21,22)23)25-10(20)8-3-1-7(2-4-8)9-5-24-9/h1-4,9H,5-6H2,(H,21,22,23). The molecule has 0 spiro atoms. The van der Waals surface area contributed by atoms with Crippen molar-refractivity contribution in [1.82, 2.24) is 0 Å². The number of rotatable bonds is 5. The molecule has 1 aromatic rings. The highest BCUT2D eigenvalue weighted by Gasteiger charge is 2.76. The first kappa shape index (κ1) is 20.5. The molecule has 6 nitrogen and oxygen atoms in total. The maximum Gasteiger partial charge on any atom is 0.438 e. The van der Waals surface area contributed by atoms with Crippen LogP contribution in [0.1, 0.15) is 22.0 Å². The topological polar surface area (TPSA) is 93.2 Å². The minimum atomic E-state index is -6.36. The van der Waals surface area contributed by atoms with Crippen LogP contribution in [0.4, 0.5) is 26.3 Å². The Kier molecular flexibility index (Phi) is 5.02. The molecule has 1 saturated heterocycles. The van der Waals surface area contributed by atoms with Crippen LogP contribution in [0.5, 0.6) is 0 Å².